The van der Waals surface area contributed by atoms with Crippen LogP contribution in [0.1, 0.15) is 25.7 Å². The quantitative estimate of drug-likeness (QED) is 0.638. The second-order valence-electron chi connectivity index (χ2n) is 3.47. The van der Waals surface area contributed by atoms with Gasteiger partial charge in [-0.25, -0.2) is 0 Å². The normalized spacial score (nSPS) is 20.5. The molecule has 0 unspecified atom stereocenters. The second-order valence-corrected chi connectivity index (χ2v) is 5.11. The summed E-state index contributed by atoms with van der Waals surface area (Å²) in [6, 6.07) is 0. The molecule has 0 saturated heterocycles. The molecule has 0 bridgehead atoms. The third-order valence-electron chi connectivity index (χ3n) is 2.18. The highest BCUT2D eigenvalue weighted by Gasteiger charge is 2.19. The summed E-state index contributed by atoms with van der Waals surface area (Å²) in [4.78, 5) is 10.9. The van der Waals surface area contributed by atoms with Gasteiger partial charge in [-0.15, -0.1) is 0 Å². The zero-order valence-electron chi connectivity index (χ0n) is 7.65. The zero-order chi connectivity index (χ0) is 9.90. The lowest BCUT2D eigenvalue weighted by atomic mass is 9.89. The van der Waals surface area contributed by atoms with E-state index in [0.717, 1.165) is 19.1 Å². The molecule has 0 aliphatic heterocycles. The molecule has 1 fully saturated rings. The maximum absolute atomic E-state index is 10.9. The van der Waals surface area contributed by atoms with Crippen LogP contribution >= 0.6 is 0 Å². The first-order valence-electron chi connectivity index (χ1n) is 4.33. The molecule has 1 saturated carbocycles. The van der Waals surface area contributed by atoms with Crippen LogP contribution in [-0.4, -0.2) is 27.1 Å². The molecular weight excluding hydrogens is 192 g/mol. The smallest absolute Gasteiger partial charge is 0.264 e. The molecule has 0 aromatic heterocycles. The highest BCUT2D eigenvalue weighted by Crippen LogP contribution is 2.21. The molecule has 5 heteroatoms. The van der Waals surface area contributed by atoms with E-state index >= 15 is 0 Å². The molecule has 1 aliphatic carbocycles. The predicted molar refractivity (Wildman–Crippen MR) is 47.8 cm³/mol. The monoisotopic (exact) mass is 206 g/mol. The number of hydrogen-bond acceptors (Lipinski definition) is 4. The number of carbonyl (C=O) groups is 1. The van der Waals surface area contributed by atoms with Gasteiger partial charge in [0.15, 0.2) is 0 Å². The summed E-state index contributed by atoms with van der Waals surface area (Å²) in [5.74, 6) is 0.503. The van der Waals surface area contributed by atoms with Gasteiger partial charge in [0, 0.05) is 12.8 Å². The summed E-state index contributed by atoms with van der Waals surface area (Å²) in [7, 11) is -3.32. The largest absolute Gasteiger partial charge is 0.300 e. The first-order valence-corrected chi connectivity index (χ1v) is 6.15. The zero-order valence-corrected chi connectivity index (χ0v) is 8.47. The second kappa shape index (κ2) is 4.19. The third kappa shape index (κ3) is 4.38. The van der Waals surface area contributed by atoms with Crippen LogP contribution in [0, 0.1) is 5.92 Å². The minimum Gasteiger partial charge on any atom is -0.300 e. The number of Topliss-reactive ketones (excluding diaryl/α,β-unsaturated/α-hetero) is 1. The molecule has 0 amide bonds. The van der Waals surface area contributed by atoms with E-state index < -0.39 is 10.1 Å². The molecule has 0 aromatic carbocycles. The van der Waals surface area contributed by atoms with Crippen molar-refractivity contribution in [1.82, 2.24) is 0 Å². The summed E-state index contributed by atoms with van der Waals surface area (Å²) in [6.07, 6.45) is 3.69. The molecule has 0 radical (unpaired) electrons. The topological polar surface area (TPSA) is 60.4 Å². The van der Waals surface area contributed by atoms with Gasteiger partial charge in [0.25, 0.3) is 10.1 Å². The lowest BCUT2D eigenvalue weighted by Crippen LogP contribution is -2.20. The highest BCUT2D eigenvalue weighted by molar-refractivity contribution is 7.85. The van der Waals surface area contributed by atoms with E-state index in [1.165, 1.54) is 0 Å². The summed E-state index contributed by atoms with van der Waals surface area (Å²) >= 11 is 0. The first kappa shape index (κ1) is 10.7. The van der Waals surface area contributed by atoms with Crippen LogP contribution < -0.4 is 0 Å². The Hall–Kier alpha value is -0.420. The van der Waals surface area contributed by atoms with Crippen molar-refractivity contribution in [3.05, 3.63) is 0 Å². The van der Waals surface area contributed by atoms with Crippen molar-refractivity contribution in [1.29, 1.82) is 0 Å². The Kier molecular flexibility index (Phi) is 3.44. The van der Waals surface area contributed by atoms with E-state index in [2.05, 4.69) is 4.18 Å². The Morgan fingerprint density at radius 3 is 2.38 bits per heavy atom. The van der Waals surface area contributed by atoms with Crippen LogP contribution in [0.5, 0.6) is 0 Å². The van der Waals surface area contributed by atoms with Gasteiger partial charge in [-0.3, -0.25) is 8.98 Å². The lowest BCUT2D eigenvalue weighted by Gasteiger charge is -2.19. The number of rotatable bonds is 3. The molecule has 0 N–H and O–H groups in total. The maximum Gasteiger partial charge on any atom is 0.264 e. The van der Waals surface area contributed by atoms with Crippen molar-refractivity contribution in [3.63, 3.8) is 0 Å². The Morgan fingerprint density at radius 1 is 1.38 bits per heavy atom. The highest BCUT2D eigenvalue weighted by atomic mass is 32.2. The molecule has 4 nitrogen and oxygen atoms in total. The van der Waals surface area contributed by atoms with Crippen molar-refractivity contribution in [3.8, 4) is 0 Å². The molecule has 76 valence electrons. The van der Waals surface area contributed by atoms with Gasteiger partial charge >= 0.3 is 0 Å². The molecular formula is C8H14O4S. The Balaban J connectivity index is 2.27. The molecule has 1 aliphatic rings. The summed E-state index contributed by atoms with van der Waals surface area (Å²) in [6.45, 7) is 0.228. The third-order valence-corrected chi connectivity index (χ3v) is 2.74. The van der Waals surface area contributed by atoms with Crippen LogP contribution in [0.4, 0.5) is 0 Å². The fourth-order valence-corrected chi connectivity index (χ4v) is 1.83. The van der Waals surface area contributed by atoms with Crippen LogP contribution in [0.25, 0.3) is 0 Å². The molecule has 0 heterocycles. The minimum atomic E-state index is -3.32. The van der Waals surface area contributed by atoms with E-state index in [4.69, 9.17) is 0 Å². The molecule has 1 rings (SSSR count). The fraction of sp³-hybridized carbons (Fsp3) is 0.875. The molecule has 13 heavy (non-hydrogen) atoms. The van der Waals surface area contributed by atoms with Gasteiger partial charge in [0.05, 0.1) is 12.9 Å². The van der Waals surface area contributed by atoms with Crippen LogP contribution in [0.3, 0.4) is 0 Å². The van der Waals surface area contributed by atoms with E-state index in [1.807, 2.05) is 0 Å². The van der Waals surface area contributed by atoms with Crippen LogP contribution in [0.2, 0.25) is 0 Å². The van der Waals surface area contributed by atoms with Gasteiger partial charge in [-0.1, -0.05) is 0 Å². The average Bonchev–Trinajstić information content (AvgIpc) is 2.02. The molecule has 0 aromatic rings. The van der Waals surface area contributed by atoms with Crippen molar-refractivity contribution >= 4 is 15.9 Å². The van der Waals surface area contributed by atoms with Crippen molar-refractivity contribution in [2.24, 2.45) is 5.92 Å². The van der Waals surface area contributed by atoms with Gasteiger partial charge in [0.1, 0.15) is 5.78 Å². The predicted octanol–water partition coefficient (Wildman–Crippen LogP) is 0.722. The van der Waals surface area contributed by atoms with Gasteiger partial charge in [-0.05, 0) is 18.8 Å². The van der Waals surface area contributed by atoms with Gasteiger partial charge in [0.2, 0.25) is 0 Å². The summed E-state index contributed by atoms with van der Waals surface area (Å²) in [5.41, 5.74) is 0. The number of hydrogen-bond donors (Lipinski definition) is 0. The van der Waals surface area contributed by atoms with Gasteiger partial charge < -0.3 is 0 Å². The van der Waals surface area contributed by atoms with E-state index in [9.17, 15) is 13.2 Å². The molecule has 0 atom stereocenters. The van der Waals surface area contributed by atoms with E-state index in [-0.39, 0.29) is 18.3 Å². The Bertz CT molecular complexity index is 271. The SMILES string of the molecule is CS(=O)(=O)OCC1CCC(=O)CC1. The fourth-order valence-electron chi connectivity index (χ4n) is 1.39. The van der Waals surface area contributed by atoms with Crippen molar-refractivity contribution in [2.75, 3.05) is 12.9 Å². The van der Waals surface area contributed by atoms with Crippen LogP contribution in [0.15, 0.2) is 0 Å². The van der Waals surface area contributed by atoms with Crippen LogP contribution in [-0.2, 0) is 19.1 Å². The van der Waals surface area contributed by atoms with E-state index in [1.54, 1.807) is 0 Å². The number of ketones is 1. The lowest BCUT2D eigenvalue weighted by molar-refractivity contribution is -0.121. The maximum atomic E-state index is 10.9. The minimum absolute atomic E-state index is 0.228. The summed E-state index contributed by atoms with van der Waals surface area (Å²) < 4.78 is 26.0. The average molecular weight is 206 g/mol. The van der Waals surface area contributed by atoms with Gasteiger partial charge in [-0.2, -0.15) is 8.42 Å². The standard InChI is InChI=1S/C8H14O4S/c1-13(10,11)12-6-7-2-4-8(9)5-3-7/h7H,2-6H2,1H3. The molecule has 0 spiro atoms. The Labute approximate surface area is 78.4 Å². The van der Waals surface area contributed by atoms with Crippen molar-refractivity contribution < 1.29 is 17.4 Å². The van der Waals surface area contributed by atoms with Crippen molar-refractivity contribution in [2.45, 2.75) is 25.7 Å². The first-order chi connectivity index (χ1) is 5.97. The number of carbonyl (C=O) groups excluding carboxylic acids is 1. The van der Waals surface area contributed by atoms with E-state index in [0.29, 0.717) is 12.8 Å². The summed E-state index contributed by atoms with van der Waals surface area (Å²) in [5, 5.41) is 0. The Morgan fingerprint density at radius 2 is 1.92 bits per heavy atom.